The van der Waals surface area contributed by atoms with Gasteiger partial charge >= 0.3 is 0 Å². The number of aromatic nitrogens is 1. The van der Waals surface area contributed by atoms with Gasteiger partial charge < -0.3 is 20.2 Å². The van der Waals surface area contributed by atoms with E-state index in [2.05, 4.69) is 20.6 Å². The van der Waals surface area contributed by atoms with E-state index in [1.54, 1.807) is 31.5 Å². The minimum Gasteiger partial charge on any atom is -0.466 e. The molecule has 0 saturated heterocycles. The summed E-state index contributed by atoms with van der Waals surface area (Å²) >= 11 is 0. The molecule has 2 aromatic heterocycles. The molecule has 3 N–H and O–H groups in total. The Hall–Kier alpha value is -1.61. The maximum absolute atomic E-state index is 10.4. The van der Waals surface area contributed by atoms with E-state index < -0.39 is 5.60 Å². The quantitative estimate of drug-likeness (QED) is 0.347. The normalized spacial score (nSPS) is 13.7. The molecular weight excluding hydrogens is 419 g/mol. The summed E-state index contributed by atoms with van der Waals surface area (Å²) in [6, 6.07) is 9.37. The SMILES string of the molecule is CCNC(=NCC(C)(O)c1ccco1)NCCc1ccccn1.I. The molecular formula is C17H25IN4O2. The summed E-state index contributed by atoms with van der Waals surface area (Å²) in [5.41, 5.74) is -0.106. The van der Waals surface area contributed by atoms with Crippen molar-refractivity contribution in [2.45, 2.75) is 25.9 Å². The van der Waals surface area contributed by atoms with Crippen molar-refractivity contribution in [3.8, 4) is 0 Å². The molecule has 2 heterocycles. The predicted octanol–water partition coefficient (Wildman–Crippen LogP) is 2.30. The van der Waals surface area contributed by atoms with E-state index in [4.69, 9.17) is 4.42 Å². The molecule has 0 bridgehead atoms. The van der Waals surface area contributed by atoms with Crippen LogP contribution in [0.5, 0.6) is 0 Å². The van der Waals surface area contributed by atoms with Gasteiger partial charge in [-0.25, -0.2) is 4.99 Å². The zero-order valence-electron chi connectivity index (χ0n) is 14.0. The molecule has 0 aliphatic heterocycles. The molecule has 1 unspecified atom stereocenters. The van der Waals surface area contributed by atoms with Crippen LogP contribution in [0.2, 0.25) is 0 Å². The Balaban J connectivity index is 0.00000288. The number of rotatable bonds is 7. The lowest BCUT2D eigenvalue weighted by Crippen LogP contribution is -2.39. The number of aliphatic hydroxyl groups is 1. The van der Waals surface area contributed by atoms with Gasteiger partial charge in [0.2, 0.25) is 0 Å². The number of aliphatic imine (C=N–C) groups is 1. The highest BCUT2D eigenvalue weighted by Crippen LogP contribution is 2.20. The van der Waals surface area contributed by atoms with Gasteiger partial charge in [-0.05, 0) is 38.1 Å². The van der Waals surface area contributed by atoms with E-state index in [9.17, 15) is 5.11 Å². The third-order valence-electron chi connectivity index (χ3n) is 3.34. The molecule has 0 fully saturated rings. The summed E-state index contributed by atoms with van der Waals surface area (Å²) in [6.45, 7) is 5.36. The Labute approximate surface area is 159 Å². The molecule has 24 heavy (non-hydrogen) atoms. The van der Waals surface area contributed by atoms with E-state index in [-0.39, 0.29) is 30.5 Å². The molecule has 0 aliphatic rings. The summed E-state index contributed by atoms with van der Waals surface area (Å²) in [6.07, 6.45) is 4.14. The second kappa shape index (κ2) is 10.3. The highest BCUT2D eigenvalue weighted by Gasteiger charge is 2.25. The Morgan fingerprint density at radius 3 is 2.75 bits per heavy atom. The number of hydrogen-bond acceptors (Lipinski definition) is 4. The average Bonchev–Trinajstić information content (AvgIpc) is 3.09. The van der Waals surface area contributed by atoms with Crippen LogP contribution in [-0.2, 0) is 12.0 Å². The first-order chi connectivity index (χ1) is 11.1. The van der Waals surface area contributed by atoms with Crippen LogP contribution in [0.15, 0.2) is 52.2 Å². The van der Waals surface area contributed by atoms with Crippen molar-refractivity contribution >= 4 is 29.9 Å². The first kappa shape index (κ1) is 20.4. The third-order valence-corrected chi connectivity index (χ3v) is 3.34. The fourth-order valence-corrected chi connectivity index (χ4v) is 2.09. The van der Waals surface area contributed by atoms with E-state index in [0.717, 1.165) is 18.7 Å². The Kier molecular flexibility index (Phi) is 8.77. The molecule has 0 amide bonds. The van der Waals surface area contributed by atoms with Crippen molar-refractivity contribution < 1.29 is 9.52 Å². The maximum Gasteiger partial charge on any atom is 0.191 e. The molecule has 0 saturated carbocycles. The van der Waals surface area contributed by atoms with Crippen molar-refractivity contribution in [3.63, 3.8) is 0 Å². The summed E-state index contributed by atoms with van der Waals surface area (Å²) < 4.78 is 5.26. The summed E-state index contributed by atoms with van der Waals surface area (Å²) in [7, 11) is 0. The van der Waals surface area contributed by atoms with Gasteiger partial charge in [-0.3, -0.25) is 4.98 Å². The summed E-state index contributed by atoms with van der Waals surface area (Å²) in [4.78, 5) is 8.72. The van der Waals surface area contributed by atoms with Crippen LogP contribution in [-0.4, -0.2) is 35.7 Å². The molecule has 1 atom stereocenters. The minimum atomic E-state index is -1.13. The van der Waals surface area contributed by atoms with Crippen molar-refractivity contribution in [3.05, 3.63) is 54.2 Å². The number of halogens is 1. The monoisotopic (exact) mass is 444 g/mol. The van der Waals surface area contributed by atoms with Gasteiger partial charge in [0.15, 0.2) is 5.96 Å². The second-order valence-electron chi connectivity index (χ2n) is 5.44. The molecule has 0 spiro atoms. The van der Waals surface area contributed by atoms with E-state index >= 15 is 0 Å². The second-order valence-corrected chi connectivity index (χ2v) is 5.44. The van der Waals surface area contributed by atoms with Crippen LogP contribution in [0.3, 0.4) is 0 Å². The lowest BCUT2D eigenvalue weighted by atomic mass is 10.0. The molecule has 2 rings (SSSR count). The predicted molar refractivity (Wildman–Crippen MR) is 106 cm³/mol. The zero-order valence-corrected chi connectivity index (χ0v) is 16.4. The highest BCUT2D eigenvalue weighted by molar-refractivity contribution is 14.0. The van der Waals surface area contributed by atoms with Crippen LogP contribution >= 0.6 is 24.0 Å². The standard InChI is InChI=1S/C17H24N4O2.HI/c1-3-18-16(20-11-9-14-7-4-5-10-19-14)21-13-17(2,22)15-8-6-12-23-15;/h4-8,10,12,22H,3,9,11,13H2,1-2H3,(H2,18,20,21);1H. The van der Waals surface area contributed by atoms with Crippen molar-refractivity contribution in [1.82, 2.24) is 15.6 Å². The van der Waals surface area contributed by atoms with Gasteiger partial charge in [0.25, 0.3) is 0 Å². The van der Waals surface area contributed by atoms with Crippen LogP contribution in [0.1, 0.15) is 25.3 Å². The zero-order chi connectivity index (χ0) is 16.5. The molecule has 132 valence electrons. The van der Waals surface area contributed by atoms with Gasteiger partial charge in [-0.2, -0.15) is 0 Å². The molecule has 0 aliphatic carbocycles. The van der Waals surface area contributed by atoms with Gasteiger partial charge in [-0.1, -0.05) is 6.07 Å². The van der Waals surface area contributed by atoms with Crippen LogP contribution < -0.4 is 10.6 Å². The van der Waals surface area contributed by atoms with Gasteiger partial charge in [0.05, 0.1) is 12.8 Å². The molecule has 0 radical (unpaired) electrons. The number of nitrogens with zero attached hydrogens (tertiary/aromatic N) is 2. The number of pyridine rings is 1. The Morgan fingerprint density at radius 1 is 1.29 bits per heavy atom. The Morgan fingerprint density at radius 2 is 2.12 bits per heavy atom. The van der Waals surface area contributed by atoms with Crippen molar-refractivity contribution in [1.29, 1.82) is 0 Å². The number of hydrogen-bond donors (Lipinski definition) is 3. The summed E-state index contributed by atoms with van der Waals surface area (Å²) in [5.74, 6) is 1.17. The molecule has 7 heteroatoms. The highest BCUT2D eigenvalue weighted by atomic mass is 127. The largest absolute Gasteiger partial charge is 0.466 e. The Bertz CT molecular complexity index is 600. The molecule has 2 aromatic rings. The molecule has 6 nitrogen and oxygen atoms in total. The van der Waals surface area contributed by atoms with Gasteiger partial charge in [-0.15, -0.1) is 24.0 Å². The number of furan rings is 1. The van der Waals surface area contributed by atoms with Gasteiger partial charge in [0, 0.05) is 31.4 Å². The topological polar surface area (TPSA) is 82.7 Å². The number of guanidine groups is 1. The van der Waals surface area contributed by atoms with E-state index in [1.165, 1.54) is 0 Å². The van der Waals surface area contributed by atoms with E-state index in [0.29, 0.717) is 18.3 Å². The van der Waals surface area contributed by atoms with Crippen molar-refractivity contribution in [2.24, 2.45) is 4.99 Å². The lowest BCUT2D eigenvalue weighted by Gasteiger charge is -2.19. The van der Waals surface area contributed by atoms with Crippen LogP contribution in [0.4, 0.5) is 0 Å². The first-order valence-electron chi connectivity index (χ1n) is 7.80. The fourth-order valence-electron chi connectivity index (χ4n) is 2.09. The summed E-state index contributed by atoms with van der Waals surface area (Å²) in [5, 5.41) is 16.8. The first-order valence-corrected chi connectivity index (χ1v) is 7.80. The van der Waals surface area contributed by atoms with Crippen LogP contribution in [0.25, 0.3) is 0 Å². The van der Waals surface area contributed by atoms with Crippen molar-refractivity contribution in [2.75, 3.05) is 19.6 Å². The minimum absolute atomic E-state index is 0. The lowest BCUT2D eigenvalue weighted by molar-refractivity contribution is 0.0437. The number of nitrogens with one attached hydrogen (secondary N) is 2. The smallest absolute Gasteiger partial charge is 0.191 e. The molecule has 0 aromatic carbocycles. The average molecular weight is 444 g/mol. The van der Waals surface area contributed by atoms with Gasteiger partial charge in [0.1, 0.15) is 11.4 Å². The third kappa shape index (κ3) is 6.48. The van der Waals surface area contributed by atoms with Crippen LogP contribution in [0, 0.1) is 0 Å². The maximum atomic E-state index is 10.4. The fraction of sp³-hybridized carbons (Fsp3) is 0.412. The van der Waals surface area contributed by atoms with E-state index in [1.807, 2.05) is 25.1 Å².